The lowest BCUT2D eigenvalue weighted by atomic mass is 10.2. The zero-order valence-corrected chi connectivity index (χ0v) is 11.9. The number of hydrogen-bond acceptors (Lipinski definition) is 1. The minimum absolute atomic E-state index is 0.0265. The minimum Gasteiger partial charge on any atom is -0.338 e. The summed E-state index contributed by atoms with van der Waals surface area (Å²) in [5, 5.41) is 0. The molecule has 0 N–H and O–H groups in total. The quantitative estimate of drug-likeness (QED) is 0.787. The van der Waals surface area contributed by atoms with Crippen molar-refractivity contribution in [2.45, 2.75) is 6.54 Å². The first kappa shape index (κ1) is 15.8. The van der Waals surface area contributed by atoms with E-state index in [9.17, 15) is 18.0 Å². The number of nitrogens with zero attached hydrogens (tertiary/aromatic N) is 1. The van der Waals surface area contributed by atoms with Crippen molar-refractivity contribution in [2.24, 2.45) is 0 Å². The first-order chi connectivity index (χ1) is 10.5. The zero-order chi connectivity index (χ0) is 16.1. The molecular formula is C17H14F3NO. The van der Waals surface area contributed by atoms with Gasteiger partial charge in [0.25, 0.3) is 0 Å². The Labute approximate surface area is 126 Å². The van der Waals surface area contributed by atoms with Gasteiger partial charge in [0, 0.05) is 31.3 Å². The second-order valence-electron chi connectivity index (χ2n) is 4.81. The Bertz CT molecular complexity index is 696. The van der Waals surface area contributed by atoms with Crippen molar-refractivity contribution < 1.29 is 18.0 Å². The van der Waals surface area contributed by atoms with Gasteiger partial charge in [0.2, 0.25) is 5.91 Å². The summed E-state index contributed by atoms with van der Waals surface area (Å²) in [4.78, 5) is 13.2. The first-order valence-corrected chi connectivity index (χ1v) is 6.58. The van der Waals surface area contributed by atoms with Crippen LogP contribution in [0.5, 0.6) is 0 Å². The molecule has 5 heteroatoms. The number of likely N-dealkylation sites (N-methyl/N-ethyl adjacent to an activating group) is 1. The zero-order valence-electron chi connectivity index (χ0n) is 11.9. The summed E-state index contributed by atoms with van der Waals surface area (Å²) in [6.45, 7) is 0.0265. The van der Waals surface area contributed by atoms with Crippen LogP contribution in [0.25, 0.3) is 6.08 Å². The fraction of sp³-hybridized carbons (Fsp3) is 0.118. The Balaban J connectivity index is 2.01. The topological polar surface area (TPSA) is 20.3 Å². The number of hydrogen-bond donors (Lipinski definition) is 0. The van der Waals surface area contributed by atoms with Crippen LogP contribution in [-0.2, 0) is 11.3 Å². The largest absolute Gasteiger partial charge is 0.338 e. The molecule has 2 aromatic rings. The van der Waals surface area contributed by atoms with Gasteiger partial charge in [-0.2, -0.15) is 0 Å². The Morgan fingerprint density at radius 2 is 1.68 bits per heavy atom. The summed E-state index contributed by atoms with van der Waals surface area (Å²) in [5.74, 6) is -2.05. The Morgan fingerprint density at radius 1 is 1.05 bits per heavy atom. The van der Waals surface area contributed by atoms with Crippen molar-refractivity contribution in [3.05, 3.63) is 77.1 Å². The Hall–Kier alpha value is -2.56. The summed E-state index contributed by atoms with van der Waals surface area (Å²) >= 11 is 0. The summed E-state index contributed by atoms with van der Waals surface area (Å²) < 4.78 is 39.1. The molecule has 0 radical (unpaired) electrons. The van der Waals surface area contributed by atoms with Gasteiger partial charge in [0.1, 0.15) is 17.5 Å². The second-order valence-corrected chi connectivity index (χ2v) is 4.81. The highest BCUT2D eigenvalue weighted by Gasteiger charge is 2.10. The van der Waals surface area contributed by atoms with Crippen LogP contribution in [0.1, 0.15) is 11.1 Å². The fourth-order valence-electron chi connectivity index (χ4n) is 1.85. The standard InChI is InChI=1S/C17H14F3NO/c1-21(11-13-5-8-15(19)10-16(13)20)17(22)9-4-12-2-6-14(18)7-3-12/h2-10H,11H2,1H3/b9-4+. The maximum absolute atomic E-state index is 13.5. The summed E-state index contributed by atoms with van der Waals surface area (Å²) in [6, 6.07) is 8.90. The van der Waals surface area contributed by atoms with Gasteiger partial charge in [-0.15, -0.1) is 0 Å². The SMILES string of the molecule is CN(Cc1ccc(F)cc1F)C(=O)/C=C/c1ccc(F)cc1. The van der Waals surface area contributed by atoms with Crippen molar-refractivity contribution in [1.82, 2.24) is 4.90 Å². The molecule has 0 aliphatic rings. The molecule has 0 aliphatic heterocycles. The molecule has 22 heavy (non-hydrogen) atoms. The molecule has 0 fully saturated rings. The highest BCUT2D eigenvalue weighted by molar-refractivity contribution is 5.91. The van der Waals surface area contributed by atoms with Crippen LogP contribution < -0.4 is 0 Å². The number of carbonyl (C=O) groups excluding carboxylic acids is 1. The molecule has 1 amide bonds. The third-order valence-corrected chi connectivity index (χ3v) is 3.09. The molecule has 0 heterocycles. The van der Waals surface area contributed by atoms with E-state index in [1.165, 1.54) is 36.2 Å². The first-order valence-electron chi connectivity index (χ1n) is 6.58. The molecule has 2 aromatic carbocycles. The van der Waals surface area contributed by atoms with Gasteiger partial charge >= 0.3 is 0 Å². The molecule has 0 saturated heterocycles. The lowest BCUT2D eigenvalue weighted by Gasteiger charge is -2.15. The lowest BCUT2D eigenvalue weighted by Crippen LogP contribution is -2.24. The summed E-state index contributed by atoms with van der Waals surface area (Å²) in [7, 11) is 1.51. The highest BCUT2D eigenvalue weighted by Crippen LogP contribution is 2.12. The predicted molar refractivity (Wildman–Crippen MR) is 78.3 cm³/mol. The van der Waals surface area contributed by atoms with E-state index in [1.54, 1.807) is 18.2 Å². The van der Waals surface area contributed by atoms with Crippen molar-refractivity contribution in [3.8, 4) is 0 Å². The fourth-order valence-corrected chi connectivity index (χ4v) is 1.85. The maximum Gasteiger partial charge on any atom is 0.246 e. The smallest absolute Gasteiger partial charge is 0.246 e. The third-order valence-electron chi connectivity index (χ3n) is 3.09. The molecule has 2 rings (SSSR count). The van der Waals surface area contributed by atoms with Crippen LogP contribution in [0, 0.1) is 17.5 Å². The maximum atomic E-state index is 13.5. The number of rotatable bonds is 4. The molecule has 114 valence electrons. The number of amides is 1. The van der Waals surface area contributed by atoms with E-state index in [0.717, 1.165) is 12.1 Å². The molecule has 0 unspecified atom stereocenters. The lowest BCUT2D eigenvalue weighted by molar-refractivity contribution is -0.125. The van der Waals surface area contributed by atoms with E-state index in [2.05, 4.69) is 0 Å². The van der Waals surface area contributed by atoms with Crippen molar-refractivity contribution >= 4 is 12.0 Å². The molecule has 0 saturated carbocycles. The van der Waals surface area contributed by atoms with Crippen LogP contribution in [-0.4, -0.2) is 17.9 Å². The average Bonchev–Trinajstić information content (AvgIpc) is 2.49. The van der Waals surface area contributed by atoms with Crippen molar-refractivity contribution in [3.63, 3.8) is 0 Å². The summed E-state index contributed by atoms with van der Waals surface area (Å²) in [6.07, 6.45) is 2.86. The number of halogens is 3. The molecule has 0 bridgehead atoms. The number of carbonyl (C=O) groups is 1. The second kappa shape index (κ2) is 6.93. The third kappa shape index (κ3) is 4.22. The Morgan fingerprint density at radius 3 is 2.32 bits per heavy atom. The van der Waals surface area contributed by atoms with Gasteiger partial charge in [-0.25, -0.2) is 13.2 Å². The van der Waals surface area contributed by atoms with Crippen molar-refractivity contribution in [2.75, 3.05) is 7.05 Å². The van der Waals surface area contributed by atoms with E-state index in [0.29, 0.717) is 5.56 Å². The van der Waals surface area contributed by atoms with Gasteiger partial charge in [0.15, 0.2) is 0 Å². The van der Waals surface area contributed by atoms with E-state index < -0.39 is 11.6 Å². The molecule has 2 nitrogen and oxygen atoms in total. The van der Waals surface area contributed by atoms with E-state index in [4.69, 9.17) is 0 Å². The Kier molecular flexibility index (Phi) is 4.99. The normalized spacial score (nSPS) is 10.9. The summed E-state index contributed by atoms with van der Waals surface area (Å²) in [5.41, 5.74) is 0.906. The molecule has 0 atom stereocenters. The van der Waals surface area contributed by atoms with E-state index in [-0.39, 0.29) is 23.8 Å². The predicted octanol–water partition coefficient (Wildman–Crippen LogP) is 3.78. The van der Waals surface area contributed by atoms with Crippen LogP contribution >= 0.6 is 0 Å². The highest BCUT2D eigenvalue weighted by atomic mass is 19.1. The van der Waals surface area contributed by atoms with Crippen LogP contribution in [0.3, 0.4) is 0 Å². The van der Waals surface area contributed by atoms with Crippen LogP contribution in [0.15, 0.2) is 48.5 Å². The van der Waals surface area contributed by atoms with Gasteiger partial charge in [0.05, 0.1) is 0 Å². The van der Waals surface area contributed by atoms with Gasteiger partial charge in [-0.05, 0) is 29.8 Å². The minimum atomic E-state index is -0.692. The molecule has 0 aliphatic carbocycles. The van der Waals surface area contributed by atoms with Crippen LogP contribution in [0.4, 0.5) is 13.2 Å². The average molecular weight is 305 g/mol. The van der Waals surface area contributed by atoms with Crippen LogP contribution in [0.2, 0.25) is 0 Å². The number of benzene rings is 2. The van der Waals surface area contributed by atoms with Crippen molar-refractivity contribution in [1.29, 1.82) is 0 Å². The van der Waals surface area contributed by atoms with Gasteiger partial charge in [-0.3, -0.25) is 4.79 Å². The van der Waals surface area contributed by atoms with Gasteiger partial charge < -0.3 is 4.90 Å². The van der Waals surface area contributed by atoms with E-state index in [1.807, 2.05) is 0 Å². The molecular weight excluding hydrogens is 291 g/mol. The monoisotopic (exact) mass is 305 g/mol. The van der Waals surface area contributed by atoms with Gasteiger partial charge in [-0.1, -0.05) is 18.2 Å². The van der Waals surface area contributed by atoms with E-state index >= 15 is 0 Å². The molecule has 0 aromatic heterocycles. The molecule has 0 spiro atoms.